The van der Waals surface area contributed by atoms with Crippen molar-refractivity contribution in [1.29, 1.82) is 0 Å². The van der Waals surface area contributed by atoms with Crippen molar-refractivity contribution in [2.24, 2.45) is 0 Å². The molecule has 0 saturated carbocycles. The van der Waals surface area contributed by atoms with Gasteiger partial charge in [0, 0.05) is 48.2 Å². The molecule has 39 heavy (non-hydrogen) atoms. The van der Waals surface area contributed by atoms with Crippen LogP contribution in [0.3, 0.4) is 0 Å². The number of halogens is 2. The standard InChI is InChI=1S/C30H31ClFN5OS/c1-18-17-30(2,3)36(4)25-16-23(31)22(15-21(18)25)28-27(24-7-5-6-13-33-24)35-29(39)37(28)14-12-26(38)34-20-10-8-19(32)9-11-20/h5-11,13,15-17,27-28H,12,14H2,1-4H3,(H,34,38)(H,35,39)/t27-,28+/m1/s1. The van der Waals surface area contributed by atoms with Crippen molar-refractivity contribution < 1.29 is 9.18 Å². The molecule has 2 aliphatic rings. The largest absolute Gasteiger partial charge is 0.365 e. The summed E-state index contributed by atoms with van der Waals surface area (Å²) in [5, 5.41) is 7.42. The van der Waals surface area contributed by atoms with Crippen molar-refractivity contribution in [1.82, 2.24) is 15.2 Å². The number of carbonyl (C=O) groups excluding carboxylic acids is 1. The van der Waals surface area contributed by atoms with Gasteiger partial charge in [-0.2, -0.15) is 0 Å². The summed E-state index contributed by atoms with van der Waals surface area (Å²) >= 11 is 12.8. The number of allylic oxidation sites excluding steroid dienone is 1. The lowest BCUT2D eigenvalue weighted by molar-refractivity contribution is -0.116. The summed E-state index contributed by atoms with van der Waals surface area (Å²) in [7, 11) is 2.08. The highest BCUT2D eigenvalue weighted by Gasteiger charge is 2.41. The van der Waals surface area contributed by atoms with Gasteiger partial charge in [-0.1, -0.05) is 23.7 Å². The van der Waals surface area contributed by atoms with Crippen LogP contribution < -0.4 is 15.5 Å². The van der Waals surface area contributed by atoms with E-state index in [0.29, 0.717) is 22.4 Å². The van der Waals surface area contributed by atoms with E-state index in [1.165, 1.54) is 29.8 Å². The Balaban J connectivity index is 1.48. The Bertz CT molecular complexity index is 1440. The quantitative estimate of drug-likeness (QED) is 0.334. The Morgan fingerprint density at radius 1 is 1.21 bits per heavy atom. The number of nitrogens with zero attached hydrogens (tertiary/aromatic N) is 3. The Labute approximate surface area is 238 Å². The number of hydrogen-bond acceptors (Lipinski definition) is 4. The SMILES string of the molecule is CC1=CC(C)(C)N(C)c2cc(Cl)c([C@H]3[C@@H](c4ccccn4)NC(=S)N3CCC(=O)Nc3ccc(F)cc3)cc21. The molecular weight excluding hydrogens is 533 g/mol. The van der Waals surface area contributed by atoms with Crippen molar-refractivity contribution in [2.45, 2.75) is 44.8 Å². The van der Waals surface area contributed by atoms with Crippen LogP contribution >= 0.6 is 23.8 Å². The van der Waals surface area contributed by atoms with Crippen molar-refractivity contribution >= 4 is 51.8 Å². The average molecular weight is 564 g/mol. The molecule has 2 aliphatic heterocycles. The molecule has 2 aromatic carbocycles. The van der Waals surface area contributed by atoms with Crippen molar-refractivity contribution in [3.05, 3.63) is 94.5 Å². The summed E-state index contributed by atoms with van der Waals surface area (Å²) < 4.78 is 13.3. The molecule has 1 amide bonds. The number of hydrogen-bond donors (Lipinski definition) is 2. The van der Waals surface area contributed by atoms with Crippen LogP contribution in [0.25, 0.3) is 5.57 Å². The van der Waals surface area contributed by atoms with E-state index in [2.05, 4.69) is 60.5 Å². The summed E-state index contributed by atoms with van der Waals surface area (Å²) in [6.07, 6.45) is 4.20. The second-order valence-corrected chi connectivity index (χ2v) is 11.3. The first-order valence-corrected chi connectivity index (χ1v) is 13.6. The van der Waals surface area contributed by atoms with Gasteiger partial charge in [-0.15, -0.1) is 0 Å². The highest BCUT2D eigenvalue weighted by molar-refractivity contribution is 7.80. The van der Waals surface area contributed by atoms with Crippen LogP contribution in [0.2, 0.25) is 5.02 Å². The van der Waals surface area contributed by atoms with E-state index in [4.69, 9.17) is 23.8 Å². The van der Waals surface area contributed by atoms with Crippen LogP contribution in [-0.4, -0.2) is 40.0 Å². The number of nitrogens with one attached hydrogen (secondary N) is 2. The molecule has 0 radical (unpaired) electrons. The van der Waals surface area contributed by atoms with Gasteiger partial charge in [0.25, 0.3) is 0 Å². The number of rotatable bonds is 6. The molecule has 5 rings (SSSR count). The molecule has 202 valence electrons. The normalized spacial score (nSPS) is 19.8. The van der Waals surface area contributed by atoms with Crippen LogP contribution in [0.4, 0.5) is 15.8 Å². The smallest absolute Gasteiger partial charge is 0.226 e. The molecule has 2 atom stereocenters. The number of fused-ring (bicyclic) bond motifs is 1. The van der Waals surface area contributed by atoms with E-state index in [-0.39, 0.29) is 35.8 Å². The van der Waals surface area contributed by atoms with Crippen molar-refractivity contribution in [2.75, 3.05) is 23.8 Å². The fourth-order valence-electron chi connectivity index (χ4n) is 5.38. The lowest BCUT2D eigenvalue weighted by Gasteiger charge is -2.41. The zero-order valence-corrected chi connectivity index (χ0v) is 23.9. The van der Waals surface area contributed by atoms with Crippen LogP contribution in [0, 0.1) is 5.82 Å². The van der Waals surface area contributed by atoms with E-state index in [9.17, 15) is 9.18 Å². The van der Waals surface area contributed by atoms with Gasteiger partial charge in [-0.05, 0) is 92.7 Å². The Morgan fingerprint density at radius 3 is 2.64 bits per heavy atom. The number of likely N-dealkylation sites (N-methyl/N-ethyl adjacent to an activating group) is 1. The van der Waals surface area contributed by atoms with Gasteiger partial charge in [0.2, 0.25) is 5.91 Å². The third-order valence-electron chi connectivity index (χ3n) is 7.56. The maximum Gasteiger partial charge on any atom is 0.226 e. The fraction of sp³-hybridized carbons (Fsp3) is 0.300. The number of anilines is 2. The van der Waals surface area contributed by atoms with E-state index < -0.39 is 0 Å². The Morgan fingerprint density at radius 2 is 1.95 bits per heavy atom. The van der Waals surface area contributed by atoms with Gasteiger partial charge in [-0.25, -0.2) is 4.39 Å². The van der Waals surface area contributed by atoms with Gasteiger partial charge < -0.3 is 20.4 Å². The van der Waals surface area contributed by atoms with E-state index in [1.54, 1.807) is 6.20 Å². The minimum absolute atomic E-state index is 0.140. The first kappa shape index (κ1) is 27.1. The van der Waals surface area contributed by atoms with Gasteiger partial charge in [0.05, 0.1) is 23.3 Å². The molecule has 0 aliphatic carbocycles. The molecule has 3 aromatic rings. The zero-order chi connectivity index (χ0) is 27.9. The van der Waals surface area contributed by atoms with Gasteiger partial charge >= 0.3 is 0 Å². The predicted molar refractivity (Wildman–Crippen MR) is 159 cm³/mol. The van der Waals surface area contributed by atoms with Crippen LogP contribution in [0.1, 0.15) is 56.1 Å². The fourth-order valence-corrected chi connectivity index (χ4v) is 5.98. The number of carbonyl (C=O) groups is 1. The number of pyridine rings is 1. The first-order chi connectivity index (χ1) is 18.5. The second kappa shape index (κ2) is 10.6. The molecule has 0 unspecified atom stereocenters. The Hall–Kier alpha value is -3.49. The van der Waals surface area contributed by atoms with Crippen LogP contribution in [0.5, 0.6) is 0 Å². The third kappa shape index (κ3) is 5.36. The molecular formula is C30H31ClFN5OS. The zero-order valence-electron chi connectivity index (χ0n) is 22.3. The maximum absolute atomic E-state index is 13.3. The summed E-state index contributed by atoms with van der Waals surface area (Å²) in [5.74, 6) is -0.546. The topological polar surface area (TPSA) is 60.5 Å². The number of aromatic nitrogens is 1. The molecule has 0 spiro atoms. The number of amides is 1. The minimum Gasteiger partial charge on any atom is -0.365 e. The van der Waals surface area contributed by atoms with Crippen LogP contribution in [-0.2, 0) is 4.79 Å². The highest BCUT2D eigenvalue weighted by Crippen LogP contribution is 2.46. The molecule has 3 heterocycles. The summed E-state index contributed by atoms with van der Waals surface area (Å²) in [6, 6.07) is 15.1. The molecule has 6 nitrogen and oxygen atoms in total. The molecule has 2 N–H and O–H groups in total. The van der Waals surface area contributed by atoms with Crippen LogP contribution in [0.15, 0.2) is 66.9 Å². The van der Waals surface area contributed by atoms with Gasteiger partial charge in [0.1, 0.15) is 5.82 Å². The van der Waals surface area contributed by atoms with Gasteiger partial charge in [0.15, 0.2) is 5.11 Å². The highest BCUT2D eigenvalue weighted by atomic mass is 35.5. The summed E-state index contributed by atoms with van der Waals surface area (Å²) in [4.78, 5) is 21.7. The van der Waals surface area contributed by atoms with Crippen molar-refractivity contribution in [3.63, 3.8) is 0 Å². The lowest BCUT2D eigenvalue weighted by atomic mass is 9.86. The summed E-state index contributed by atoms with van der Waals surface area (Å²) in [6.45, 7) is 6.84. The summed E-state index contributed by atoms with van der Waals surface area (Å²) in [5.41, 5.74) is 5.52. The van der Waals surface area contributed by atoms with Crippen molar-refractivity contribution in [3.8, 4) is 0 Å². The van der Waals surface area contributed by atoms with E-state index in [0.717, 1.165) is 22.5 Å². The number of thiocarbonyl (C=S) groups is 1. The molecule has 1 fully saturated rings. The predicted octanol–water partition coefficient (Wildman–Crippen LogP) is 6.51. The third-order valence-corrected chi connectivity index (χ3v) is 8.24. The van der Waals surface area contributed by atoms with E-state index in [1.807, 2.05) is 29.2 Å². The van der Waals surface area contributed by atoms with E-state index >= 15 is 0 Å². The monoisotopic (exact) mass is 563 g/mol. The molecule has 1 saturated heterocycles. The average Bonchev–Trinajstić information content (AvgIpc) is 3.23. The Kier molecular flexibility index (Phi) is 7.35. The number of benzene rings is 2. The lowest BCUT2D eigenvalue weighted by Crippen LogP contribution is -2.42. The maximum atomic E-state index is 13.3. The minimum atomic E-state index is -0.355. The van der Waals surface area contributed by atoms with Gasteiger partial charge in [-0.3, -0.25) is 9.78 Å². The molecule has 1 aromatic heterocycles. The second-order valence-electron chi connectivity index (χ2n) is 10.6. The first-order valence-electron chi connectivity index (χ1n) is 12.9. The molecule has 9 heteroatoms. The molecule has 0 bridgehead atoms.